The van der Waals surface area contributed by atoms with E-state index in [1.807, 2.05) is 24.9 Å². The molecule has 2 atom stereocenters. The lowest BCUT2D eigenvalue weighted by atomic mass is 9.92. The number of fused-ring (bicyclic) bond motifs is 1. The number of hydrogen-bond acceptors (Lipinski definition) is 3. The molecule has 0 bridgehead atoms. The molecule has 3 rings (SSSR count). The molecule has 0 aliphatic heterocycles. The smallest absolute Gasteiger partial charge is 0.225 e. The maximum absolute atomic E-state index is 12.4. The molecule has 2 aromatic rings. The molecule has 1 aliphatic carbocycles. The molecule has 118 valence electrons. The minimum Gasteiger partial charge on any atom is -0.349 e. The number of carbonyl (C=O) groups excluding carboxylic acids is 1. The summed E-state index contributed by atoms with van der Waals surface area (Å²) in [5, 5.41) is 12.2. The maximum Gasteiger partial charge on any atom is 0.225 e. The fraction of sp³-hybridized carbons (Fsp3) is 0.533. The second-order valence-corrected chi connectivity index (χ2v) is 6.34. The molecule has 7 heteroatoms. The molecule has 0 fully saturated rings. The zero-order chi connectivity index (χ0) is 15.7. The summed E-state index contributed by atoms with van der Waals surface area (Å²) >= 11 is 5.84. The zero-order valence-corrected chi connectivity index (χ0v) is 13.5. The minimum absolute atomic E-state index is 0.0355. The van der Waals surface area contributed by atoms with Crippen LogP contribution in [0.25, 0.3) is 0 Å². The SMILES string of the molecule is C[C@H](Cn1cc(Cl)cn1)C(=O)N[C@@H]1CCCc2c1cnn2C. The highest BCUT2D eigenvalue weighted by molar-refractivity contribution is 6.30. The van der Waals surface area contributed by atoms with E-state index in [-0.39, 0.29) is 17.9 Å². The third kappa shape index (κ3) is 3.02. The minimum atomic E-state index is -0.169. The molecule has 1 N–H and O–H groups in total. The van der Waals surface area contributed by atoms with Gasteiger partial charge in [-0.05, 0) is 19.3 Å². The summed E-state index contributed by atoms with van der Waals surface area (Å²) in [6.07, 6.45) is 8.24. The molecule has 0 saturated heterocycles. The summed E-state index contributed by atoms with van der Waals surface area (Å²) in [6, 6.07) is 0.0635. The molecule has 0 aromatic carbocycles. The molecule has 2 aromatic heterocycles. The highest BCUT2D eigenvalue weighted by atomic mass is 35.5. The average molecular weight is 322 g/mol. The number of aryl methyl sites for hydroxylation is 1. The van der Waals surface area contributed by atoms with Gasteiger partial charge in [0.2, 0.25) is 5.91 Å². The Kier molecular flexibility index (Phi) is 4.20. The van der Waals surface area contributed by atoms with E-state index < -0.39 is 0 Å². The third-order valence-corrected chi connectivity index (χ3v) is 4.40. The number of hydrogen-bond donors (Lipinski definition) is 1. The number of halogens is 1. The van der Waals surface area contributed by atoms with Gasteiger partial charge in [-0.1, -0.05) is 18.5 Å². The van der Waals surface area contributed by atoms with E-state index in [0.29, 0.717) is 11.6 Å². The molecule has 1 aliphatic rings. The van der Waals surface area contributed by atoms with E-state index in [1.165, 1.54) is 5.69 Å². The molecule has 22 heavy (non-hydrogen) atoms. The van der Waals surface area contributed by atoms with Gasteiger partial charge in [0.05, 0.1) is 35.9 Å². The van der Waals surface area contributed by atoms with Crippen LogP contribution < -0.4 is 5.32 Å². The summed E-state index contributed by atoms with van der Waals surface area (Å²) in [6.45, 7) is 2.42. The van der Waals surface area contributed by atoms with Crippen molar-refractivity contribution in [3.8, 4) is 0 Å². The van der Waals surface area contributed by atoms with Crippen molar-refractivity contribution in [2.24, 2.45) is 13.0 Å². The fourth-order valence-corrected chi connectivity index (χ4v) is 3.13. The molecule has 0 saturated carbocycles. The maximum atomic E-state index is 12.4. The average Bonchev–Trinajstić information content (AvgIpc) is 3.06. The first-order valence-corrected chi connectivity index (χ1v) is 7.91. The Morgan fingerprint density at radius 1 is 1.50 bits per heavy atom. The zero-order valence-electron chi connectivity index (χ0n) is 12.8. The molecule has 0 spiro atoms. The van der Waals surface area contributed by atoms with Crippen molar-refractivity contribution < 1.29 is 4.79 Å². The van der Waals surface area contributed by atoms with Crippen LogP contribution in [-0.2, 0) is 24.8 Å². The Bertz CT molecular complexity index is 677. The monoisotopic (exact) mass is 321 g/mol. The Balaban J connectivity index is 1.64. The predicted molar refractivity (Wildman–Crippen MR) is 83.4 cm³/mol. The van der Waals surface area contributed by atoms with Crippen molar-refractivity contribution in [2.75, 3.05) is 0 Å². The fourth-order valence-electron chi connectivity index (χ4n) is 2.97. The largest absolute Gasteiger partial charge is 0.349 e. The second kappa shape index (κ2) is 6.12. The number of amides is 1. The normalized spacial score (nSPS) is 18.8. The van der Waals surface area contributed by atoms with Crippen LogP contribution in [0, 0.1) is 5.92 Å². The van der Waals surface area contributed by atoms with Gasteiger partial charge in [-0.25, -0.2) is 0 Å². The van der Waals surface area contributed by atoms with Gasteiger partial charge in [-0.3, -0.25) is 14.2 Å². The van der Waals surface area contributed by atoms with Crippen molar-refractivity contribution >= 4 is 17.5 Å². The van der Waals surface area contributed by atoms with Gasteiger partial charge in [0, 0.05) is 24.5 Å². The summed E-state index contributed by atoms with van der Waals surface area (Å²) in [5.74, 6) is -0.133. The van der Waals surface area contributed by atoms with Crippen LogP contribution in [-0.4, -0.2) is 25.5 Å². The molecule has 0 unspecified atom stereocenters. The summed E-state index contributed by atoms with van der Waals surface area (Å²) < 4.78 is 3.60. The molecular formula is C15H20ClN5O. The van der Waals surface area contributed by atoms with Crippen LogP contribution in [0.1, 0.15) is 37.1 Å². The van der Waals surface area contributed by atoms with E-state index in [0.717, 1.165) is 24.8 Å². The Labute approximate surface area is 134 Å². The molecule has 1 amide bonds. The lowest BCUT2D eigenvalue weighted by Gasteiger charge is -2.25. The van der Waals surface area contributed by atoms with Gasteiger partial charge in [0.1, 0.15) is 0 Å². The number of nitrogens with one attached hydrogen (secondary N) is 1. The number of carbonyl (C=O) groups is 1. The van der Waals surface area contributed by atoms with Crippen molar-refractivity contribution in [1.29, 1.82) is 0 Å². The lowest BCUT2D eigenvalue weighted by Crippen LogP contribution is -2.36. The van der Waals surface area contributed by atoms with E-state index in [1.54, 1.807) is 17.1 Å². The Hall–Kier alpha value is -1.82. The third-order valence-electron chi connectivity index (χ3n) is 4.20. The van der Waals surface area contributed by atoms with Crippen LogP contribution in [0.15, 0.2) is 18.6 Å². The van der Waals surface area contributed by atoms with E-state index in [9.17, 15) is 4.79 Å². The highest BCUT2D eigenvalue weighted by Crippen LogP contribution is 2.29. The van der Waals surface area contributed by atoms with Crippen molar-refractivity contribution in [3.05, 3.63) is 34.9 Å². The van der Waals surface area contributed by atoms with E-state index in [2.05, 4.69) is 15.5 Å². The first kappa shape index (κ1) is 15.1. The first-order chi connectivity index (χ1) is 10.5. The summed E-state index contributed by atoms with van der Waals surface area (Å²) in [4.78, 5) is 12.4. The van der Waals surface area contributed by atoms with Crippen LogP contribution >= 0.6 is 11.6 Å². The van der Waals surface area contributed by atoms with Gasteiger partial charge in [-0.15, -0.1) is 0 Å². The van der Waals surface area contributed by atoms with E-state index in [4.69, 9.17) is 11.6 Å². The van der Waals surface area contributed by atoms with Gasteiger partial charge >= 0.3 is 0 Å². The summed E-state index contributed by atoms with van der Waals surface area (Å²) in [5.41, 5.74) is 2.37. The topological polar surface area (TPSA) is 64.7 Å². The van der Waals surface area contributed by atoms with E-state index >= 15 is 0 Å². The summed E-state index contributed by atoms with van der Waals surface area (Å²) in [7, 11) is 1.95. The standard InChI is InChI=1S/C15H20ClN5O/c1-10(8-21-9-11(16)6-18-21)15(22)19-13-4-3-5-14-12(13)7-17-20(14)2/h6-7,9-10,13H,3-5,8H2,1-2H3,(H,19,22)/t10-,13-/m1/s1. The van der Waals surface area contributed by atoms with Gasteiger partial charge < -0.3 is 5.32 Å². The number of rotatable bonds is 4. The van der Waals surface area contributed by atoms with Crippen molar-refractivity contribution in [1.82, 2.24) is 24.9 Å². The predicted octanol–water partition coefficient (Wildman–Crippen LogP) is 2.10. The first-order valence-electron chi connectivity index (χ1n) is 7.53. The number of aromatic nitrogens is 4. The molecule has 0 radical (unpaired) electrons. The van der Waals surface area contributed by atoms with Crippen LogP contribution in [0.5, 0.6) is 0 Å². The Morgan fingerprint density at radius 3 is 3.05 bits per heavy atom. The quantitative estimate of drug-likeness (QED) is 0.938. The highest BCUT2D eigenvalue weighted by Gasteiger charge is 2.26. The second-order valence-electron chi connectivity index (χ2n) is 5.91. The van der Waals surface area contributed by atoms with Crippen LogP contribution in [0.2, 0.25) is 5.02 Å². The van der Waals surface area contributed by atoms with Crippen LogP contribution in [0.4, 0.5) is 0 Å². The Morgan fingerprint density at radius 2 is 2.32 bits per heavy atom. The molecule has 2 heterocycles. The molecular weight excluding hydrogens is 302 g/mol. The number of nitrogens with zero attached hydrogens (tertiary/aromatic N) is 4. The van der Waals surface area contributed by atoms with Gasteiger partial charge in [0.15, 0.2) is 0 Å². The van der Waals surface area contributed by atoms with Gasteiger partial charge in [0.25, 0.3) is 0 Å². The van der Waals surface area contributed by atoms with Crippen LogP contribution in [0.3, 0.4) is 0 Å². The van der Waals surface area contributed by atoms with Crippen molar-refractivity contribution in [3.63, 3.8) is 0 Å². The molecule has 6 nitrogen and oxygen atoms in total. The van der Waals surface area contributed by atoms with Gasteiger partial charge in [-0.2, -0.15) is 10.2 Å². The lowest BCUT2D eigenvalue weighted by molar-refractivity contribution is -0.125. The van der Waals surface area contributed by atoms with Crippen molar-refractivity contribution in [2.45, 2.75) is 38.8 Å².